The van der Waals surface area contributed by atoms with Crippen molar-refractivity contribution in [1.29, 1.82) is 0 Å². The number of nitrogens with zero attached hydrogens (tertiary/aromatic N) is 4. The Kier molecular flexibility index (Phi) is 10.2. The van der Waals surface area contributed by atoms with Crippen LogP contribution in [0.2, 0.25) is 0 Å². The van der Waals surface area contributed by atoms with Gasteiger partial charge in [0.1, 0.15) is 5.75 Å². The van der Waals surface area contributed by atoms with Crippen LogP contribution in [0.15, 0.2) is 76.8 Å². The maximum Gasteiger partial charge on any atom is 0.251 e. The molecule has 3 aromatic carbocycles. The zero-order valence-electron chi connectivity index (χ0n) is 25.4. The standard InChI is InChI=1S/C32H36N6O5S2/c1-22-8-7-9-28(23(22)2)38-29(35-36-32(38)44-21-30(39)34-25-12-14-26(43-3)15-13-25)20-33-31(40)24-10-16-27(17-11-24)45(41,42)37-18-5-4-6-19-37/h7-17H,4-6,18-21H2,1-3H3,(H,33,40)(H,34,39). The monoisotopic (exact) mass is 648 g/mol. The Hall–Kier alpha value is -4.20. The van der Waals surface area contributed by atoms with E-state index in [0.717, 1.165) is 36.1 Å². The number of hydrogen-bond donors (Lipinski definition) is 2. The fourth-order valence-corrected chi connectivity index (χ4v) is 7.30. The first-order chi connectivity index (χ1) is 21.7. The van der Waals surface area contributed by atoms with E-state index in [1.807, 2.05) is 36.6 Å². The minimum atomic E-state index is -3.59. The van der Waals surface area contributed by atoms with Gasteiger partial charge in [-0.05, 0) is 92.4 Å². The summed E-state index contributed by atoms with van der Waals surface area (Å²) in [4.78, 5) is 26.0. The molecule has 1 aliphatic rings. The lowest BCUT2D eigenvalue weighted by molar-refractivity contribution is -0.113. The molecule has 0 radical (unpaired) electrons. The minimum absolute atomic E-state index is 0.0612. The summed E-state index contributed by atoms with van der Waals surface area (Å²) in [5.41, 5.74) is 3.91. The quantitative estimate of drug-likeness (QED) is 0.223. The Morgan fingerprint density at radius 1 is 0.933 bits per heavy atom. The molecule has 0 aliphatic carbocycles. The van der Waals surface area contributed by atoms with Crippen LogP contribution in [0.1, 0.15) is 46.6 Å². The number of nitrogens with one attached hydrogen (secondary N) is 2. The Bertz CT molecular complexity index is 1770. The van der Waals surface area contributed by atoms with E-state index >= 15 is 0 Å². The van der Waals surface area contributed by atoms with E-state index in [2.05, 4.69) is 20.8 Å². The number of ether oxygens (including phenoxy) is 1. The van der Waals surface area contributed by atoms with Crippen molar-refractivity contribution in [3.05, 3.63) is 89.2 Å². The highest BCUT2D eigenvalue weighted by Crippen LogP contribution is 2.27. The number of piperidine rings is 1. The zero-order valence-corrected chi connectivity index (χ0v) is 27.1. The van der Waals surface area contributed by atoms with Crippen LogP contribution in [0.3, 0.4) is 0 Å². The van der Waals surface area contributed by atoms with Crippen LogP contribution in [0.4, 0.5) is 5.69 Å². The largest absolute Gasteiger partial charge is 0.497 e. The molecule has 0 atom stereocenters. The lowest BCUT2D eigenvalue weighted by Gasteiger charge is -2.25. The number of aromatic nitrogens is 3. The maximum atomic E-state index is 13.1. The van der Waals surface area contributed by atoms with E-state index in [4.69, 9.17) is 4.74 Å². The molecule has 2 amide bonds. The first-order valence-electron chi connectivity index (χ1n) is 14.6. The second kappa shape index (κ2) is 14.3. The Labute approximate surface area is 267 Å². The first kappa shape index (κ1) is 32.2. The van der Waals surface area contributed by atoms with Gasteiger partial charge in [0.15, 0.2) is 11.0 Å². The molecule has 1 aliphatic heterocycles. The van der Waals surface area contributed by atoms with Crippen LogP contribution in [-0.2, 0) is 21.4 Å². The Balaban J connectivity index is 1.29. The molecular formula is C32H36N6O5S2. The number of rotatable bonds is 11. The van der Waals surface area contributed by atoms with Crippen molar-refractivity contribution in [2.45, 2.75) is 49.7 Å². The van der Waals surface area contributed by atoms with Crippen LogP contribution >= 0.6 is 11.8 Å². The van der Waals surface area contributed by atoms with Crippen molar-refractivity contribution >= 4 is 39.3 Å². The highest BCUT2D eigenvalue weighted by molar-refractivity contribution is 7.99. The number of carbonyl (C=O) groups is 2. The van der Waals surface area contributed by atoms with Gasteiger partial charge in [-0.15, -0.1) is 10.2 Å². The molecule has 5 rings (SSSR count). The molecular weight excluding hydrogens is 613 g/mol. The highest BCUT2D eigenvalue weighted by atomic mass is 32.2. The molecule has 0 unspecified atom stereocenters. The van der Waals surface area contributed by atoms with Gasteiger partial charge in [-0.1, -0.05) is 30.3 Å². The molecule has 0 bridgehead atoms. The molecule has 13 heteroatoms. The average Bonchev–Trinajstić information content (AvgIpc) is 3.47. The van der Waals surface area contributed by atoms with Crippen molar-refractivity contribution in [3.63, 3.8) is 0 Å². The third-order valence-corrected chi connectivity index (χ3v) is 10.5. The smallest absolute Gasteiger partial charge is 0.251 e. The zero-order chi connectivity index (χ0) is 32.0. The molecule has 0 spiro atoms. The summed E-state index contributed by atoms with van der Waals surface area (Å²) in [5.74, 6) is 0.691. The lowest BCUT2D eigenvalue weighted by atomic mass is 10.1. The molecule has 2 N–H and O–H groups in total. The van der Waals surface area contributed by atoms with E-state index in [1.54, 1.807) is 31.4 Å². The predicted octanol–water partition coefficient (Wildman–Crippen LogP) is 4.73. The van der Waals surface area contributed by atoms with Crippen LogP contribution in [-0.4, -0.2) is 65.3 Å². The normalized spacial score (nSPS) is 13.8. The van der Waals surface area contributed by atoms with Gasteiger partial charge >= 0.3 is 0 Å². The molecule has 0 saturated carbocycles. The van der Waals surface area contributed by atoms with Crippen LogP contribution in [0.25, 0.3) is 5.69 Å². The van der Waals surface area contributed by atoms with Crippen molar-refractivity contribution in [1.82, 2.24) is 24.4 Å². The highest BCUT2D eigenvalue weighted by Gasteiger charge is 2.26. The summed E-state index contributed by atoms with van der Waals surface area (Å²) in [6.45, 7) is 5.09. The minimum Gasteiger partial charge on any atom is -0.497 e. The number of sulfonamides is 1. The molecule has 4 aromatic rings. The molecule has 2 heterocycles. The summed E-state index contributed by atoms with van der Waals surface area (Å²) in [5, 5.41) is 15.0. The first-order valence-corrected chi connectivity index (χ1v) is 17.1. The van der Waals surface area contributed by atoms with E-state index < -0.39 is 10.0 Å². The number of benzene rings is 3. The van der Waals surface area contributed by atoms with Gasteiger partial charge in [-0.3, -0.25) is 14.2 Å². The van der Waals surface area contributed by atoms with Crippen molar-refractivity contribution < 1.29 is 22.7 Å². The molecule has 1 aromatic heterocycles. The van der Waals surface area contributed by atoms with Crippen molar-refractivity contribution in [2.75, 3.05) is 31.3 Å². The molecule has 1 fully saturated rings. The average molecular weight is 649 g/mol. The van der Waals surface area contributed by atoms with E-state index in [-0.39, 0.29) is 29.0 Å². The third-order valence-electron chi connectivity index (χ3n) is 7.70. The summed E-state index contributed by atoms with van der Waals surface area (Å²) >= 11 is 1.24. The second-order valence-corrected chi connectivity index (χ2v) is 13.6. The third kappa shape index (κ3) is 7.55. The van der Waals surface area contributed by atoms with Crippen molar-refractivity contribution in [3.8, 4) is 11.4 Å². The lowest BCUT2D eigenvalue weighted by Crippen LogP contribution is -2.35. The topological polar surface area (TPSA) is 136 Å². The number of carbonyl (C=O) groups excluding carboxylic acids is 2. The number of aryl methyl sites for hydroxylation is 1. The van der Waals surface area contributed by atoms with E-state index in [9.17, 15) is 18.0 Å². The molecule has 236 valence electrons. The number of thioether (sulfide) groups is 1. The van der Waals surface area contributed by atoms with Gasteiger partial charge in [0.2, 0.25) is 15.9 Å². The van der Waals surface area contributed by atoms with Gasteiger partial charge in [0, 0.05) is 24.3 Å². The second-order valence-electron chi connectivity index (χ2n) is 10.7. The number of methoxy groups -OCH3 is 1. The maximum absolute atomic E-state index is 13.1. The summed E-state index contributed by atoms with van der Waals surface area (Å²) in [7, 11) is -2.01. The van der Waals surface area contributed by atoms with Gasteiger partial charge in [-0.2, -0.15) is 4.31 Å². The number of amides is 2. The van der Waals surface area contributed by atoms with E-state index in [1.165, 1.54) is 40.3 Å². The summed E-state index contributed by atoms with van der Waals surface area (Å²) < 4.78 is 34.5. The molecule has 11 nitrogen and oxygen atoms in total. The van der Waals surface area contributed by atoms with Crippen LogP contribution in [0.5, 0.6) is 5.75 Å². The van der Waals surface area contributed by atoms with Gasteiger partial charge < -0.3 is 15.4 Å². The predicted molar refractivity (Wildman–Crippen MR) is 173 cm³/mol. The number of anilines is 1. The Morgan fingerprint density at radius 3 is 2.33 bits per heavy atom. The molecule has 45 heavy (non-hydrogen) atoms. The van der Waals surface area contributed by atoms with Crippen molar-refractivity contribution in [2.24, 2.45) is 0 Å². The van der Waals surface area contributed by atoms with Crippen LogP contribution < -0.4 is 15.4 Å². The van der Waals surface area contributed by atoms with Gasteiger partial charge in [0.05, 0.1) is 30.0 Å². The summed E-state index contributed by atoms with van der Waals surface area (Å²) in [6.07, 6.45) is 2.73. The Morgan fingerprint density at radius 2 is 1.64 bits per heavy atom. The van der Waals surface area contributed by atoms with Gasteiger partial charge in [-0.25, -0.2) is 8.42 Å². The molecule has 1 saturated heterocycles. The number of hydrogen-bond acceptors (Lipinski definition) is 8. The SMILES string of the molecule is COc1ccc(NC(=O)CSc2nnc(CNC(=O)c3ccc(S(=O)(=O)N4CCCCC4)cc3)n2-c2cccc(C)c2C)cc1. The van der Waals surface area contributed by atoms with E-state index in [0.29, 0.717) is 41.1 Å². The van der Waals surface area contributed by atoms with Crippen LogP contribution in [0, 0.1) is 13.8 Å². The fourth-order valence-electron chi connectivity index (χ4n) is 5.02. The van der Waals surface area contributed by atoms with Gasteiger partial charge in [0.25, 0.3) is 5.91 Å². The summed E-state index contributed by atoms with van der Waals surface area (Å²) in [6, 6.07) is 18.9. The fraction of sp³-hybridized carbons (Fsp3) is 0.312.